The maximum absolute atomic E-state index is 12.9. The van der Waals surface area contributed by atoms with Gasteiger partial charge >= 0.3 is 0 Å². The van der Waals surface area contributed by atoms with Crippen LogP contribution in [0.5, 0.6) is 5.75 Å². The number of benzene rings is 1. The Morgan fingerprint density at radius 2 is 2.13 bits per heavy atom. The van der Waals surface area contributed by atoms with E-state index in [1.165, 1.54) is 0 Å². The molecule has 120 valence electrons. The van der Waals surface area contributed by atoms with Gasteiger partial charge in [0.05, 0.1) is 6.61 Å². The smallest absolute Gasteiger partial charge is 0.264 e. The molecule has 5 heteroatoms. The highest BCUT2D eigenvalue weighted by atomic mass is 16.5. The number of nitrogens with zero attached hydrogens (tertiary/aromatic N) is 2. The average Bonchev–Trinajstić information content (AvgIpc) is 2.92. The summed E-state index contributed by atoms with van der Waals surface area (Å²) >= 11 is 0. The number of hydrogen-bond acceptors (Lipinski definition) is 4. The number of fused-ring (bicyclic) bond motifs is 1. The maximum atomic E-state index is 12.9. The summed E-state index contributed by atoms with van der Waals surface area (Å²) in [6.45, 7) is 2.60. The van der Waals surface area contributed by atoms with Crippen molar-refractivity contribution in [2.75, 3.05) is 13.2 Å². The predicted octanol–water partition coefficient (Wildman–Crippen LogP) is 1.97. The fourth-order valence-corrected chi connectivity index (χ4v) is 2.91. The number of aliphatic hydroxyl groups is 1. The molecule has 1 aromatic carbocycles. The summed E-state index contributed by atoms with van der Waals surface area (Å²) < 4.78 is 5.86. The minimum absolute atomic E-state index is 0.00575. The topological polar surface area (TPSA) is 62.7 Å². The number of carbonyl (C=O) groups excluding carboxylic acids is 1. The van der Waals surface area contributed by atoms with Crippen molar-refractivity contribution in [3.63, 3.8) is 0 Å². The van der Waals surface area contributed by atoms with Gasteiger partial charge in [-0.15, -0.1) is 0 Å². The molecule has 5 nitrogen and oxygen atoms in total. The van der Waals surface area contributed by atoms with Crippen LogP contribution >= 0.6 is 0 Å². The zero-order valence-electron chi connectivity index (χ0n) is 13.1. The lowest BCUT2D eigenvalue weighted by atomic mass is 9.96. The van der Waals surface area contributed by atoms with E-state index in [0.717, 1.165) is 16.9 Å². The summed E-state index contributed by atoms with van der Waals surface area (Å²) in [7, 11) is 0. The third-order valence-electron chi connectivity index (χ3n) is 4.14. The molecular formula is C18H20N2O3. The van der Waals surface area contributed by atoms with Crippen LogP contribution in [0.15, 0.2) is 48.8 Å². The van der Waals surface area contributed by atoms with Gasteiger partial charge in [-0.25, -0.2) is 0 Å². The molecule has 3 rings (SSSR count). The van der Waals surface area contributed by atoms with Crippen molar-refractivity contribution in [2.24, 2.45) is 0 Å². The van der Waals surface area contributed by atoms with E-state index >= 15 is 0 Å². The van der Waals surface area contributed by atoms with E-state index < -0.39 is 6.10 Å². The van der Waals surface area contributed by atoms with E-state index in [2.05, 4.69) is 4.98 Å². The van der Waals surface area contributed by atoms with Gasteiger partial charge in [0.1, 0.15) is 5.75 Å². The van der Waals surface area contributed by atoms with Gasteiger partial charge in [-0.2, -0.15) is 0 Å². The van der Waals surface area contributed by atoms with E-state index in [-0.39, 0.29) is 25.0 Å². The molecular weight excluding hydrogens is 292 g/mol. The van der Waals surface area contributed by atoms with Crippen molar-refractivity contribution < 1.29 is 14.6 Å². The molecule has 2 heterocycles. The molecule has 0 saturated heterocycles. The Morgan fingerprint density at radius 1 is 1.30 bits per heavy atom. The van der Waals surface area contributed by atoms with Crippen LogP contribution in [-0.2, 0) is 11.3 Å². The highest BCUT2D eigenvalue weighted by Gasteiger charge is 2.38. The monoisotopic (exact) mass is 312 g/mol. The van der Waals surface area contributed by atoms with Crippen LogP contribution < -0.4 is 4.74 Å². The molecule has 0 radical (unpaired) electrons. The SMILES string of the molecule is CC1c2ccccc2OC1C(=O)N(CCO)Cc1cccnc1. The normalized spacial score (nSPS) is 19.0. The van der Waals surface area contributed by atoms with Crippen LogP contribution in [0.3, 0.4) is 0 Å². The number of amides is 1. The molecule has 0 fully saturated rings. The number of ether oxygens (including phenoxy) is 1. The van der Waals surface area contributed by atoms with Crippen LogP contribution in [0.2, 0.25) is 0 Å². The van der Waals surface area contributed by atoms with E-state index in [1.54, 1.807) is 17.3 Å². The van der Waals surface area contributed by atoms with Crippen molar-refractivity contribution >= 4 is 5.91 Å². The van der Waals surface area contributed by atoms with Gasteiger partial charge < -0.3 is 14.7 Å². The number of rotatable bonds is 5. The fraction of sp³-hybridized carbons (Fsp3) is 0.333. The second kappa shape index (κ2) is 6.79. The van der Waals surface area contributed by atoms with Gasteiger partial charge in [0, 0.05) is 37.0 Å². The molecule has 1 aliphatic rings. The molecule has 23 heavy (non-hydrogen) atoms. The van der Waals surface area contributed by atoms with Crippen LogP contribution in [-0.4, -0.2) is 40.2 Å². The molecule has 0 spiro atoms. The molecule has 1 N–H and O–H groups in total. The second-order valence-electron chi connectivity index (χ2n) is 5.71. The Kier molecular flexibility index (Phi) is 4.57. The van der Waals surface area contributed by atoms with Gasteiger partial charge in [-0.3, -0.25) is 9.78 Å². The lowest BCUT2D eigenvalue weighted by molar-refractivity contribution is -0.139. The van der Waals surface area contributed by atoms with E-state index in [1.807, 2.05) is 43.3 Å². The minimum Gasteiger partial charge on any atom is -0.480 e. The van der Waals surface area contributed by atoms with Gasteiger partial charge in [-0.05, 0) is 17.7 Å². The third kappa shape index (κ3) is 3.19. The largest absolute Gasteiger partial charge is 0.480 e. The number of hydrogen-bond donors (Lipinski definition) is 1. The van der Waals surface area contributed by atoms with Gasteiger partial charge in [-0.1, -0.05) is 31.2 Å². The molecule has 1 amide bonds. The van der Waals surface area contributed by atoms with Crippen molar-refractivity contribution in [2.45, 2.75) is 25.5 Å². The summed E-state index contributed by atoms with van der Waals surface area (Å²) in [5.74, 6) is 0.657. The summed E-state index contributed by atoms with van der Waals surface area (Å²) in [6, 6.07) is 11.5. The molecule has 0 saturated carbocycles. The number of pyridine rings is 1. The van der Waals surface area contributed by atoms with Crippen LogP contribution in [0.4, 0.5) is 0 Å². The van der Waals surface area contributed by atoms with Crippen LogP contribution in [0.1, 0.15) is 24.0 Å². The van der Waals surface area contributed by atoms with Crippen molar-refractivity contribution in [3.8, 4) is 5.75 Å². The first kappa shape index (κ1) is 15.5. The number of carbonyl (C=O) groups is 1. The summed E-state index contributed by atoms with van der Waals surface area (Å²) in [5.41, 5.74) is 1.98. The fourth-order valence-electron chi connectivity index (χ4n) is 2.91. The summed E-state index contributed by atoms with van der Waals surface area (Å²) in [6.07, 6.45) is 2.88. The second-order valence-corrected chi connectivity index (χ2v) is 5.71. The quantitative estimate of drug-likeness (QED) is 0.917. The molecule has 0 bridgehead atoms. The Hall–Kier alpha value is -2.40. The Bertz CT molecular complexity index is 675. The Labute approximate surface area is 135 Å². The highest BCUT2D eigenvalue weighted by Crippen LogP contribution is 2.38. The summed E-state index contributed by atoms with van der Waals surface area (Å²) in [5, 5.41) is 9.30. The lowest BCUT2D eigenvalue weighted by Crippen LogP contribution is -2.43. The standard InChI is InChI=1S/C18H20N2O3/c1-13-15-6-2-3-7-16(15)23-17(13)18(22)20(9-10-21)12-14-5-4-8-19-11-14/h2-8,11,13,17,21H,9-10,12H2,1H3. The predicted molar refractivity (Wildman–Crippen MR) is 86.0 cm³/mol. The van der Waals surface area contributed by atoms with Crippen molar-refractivity contribution in [1.29, 1.82) is 0 Å². The summed E-state index contributed by atoms with van der Waals surface area (Å²) in [4.78, 5) is 18.6. The van der Waals surface area contributed by atoms with Crippen molar-refractivity contribution in [3.05, 3.63) is 59.9 Å². The van der Waals surface area contributed by atoms with E-state index in [0.29, 0.717) is 6.54 Å². The first-order valence-electron chi connectivity index (χ1n) is 7.75. The van der Waals surface area contributed by atoms with Gasteiger partial charge in [0.25, 0.3) is 5.91 Å². The molecule has 1 aliphatic heterocycles. The number of aliphatic hydroxyl groups excluding tert-OH is 1. The van der Waals surface area contributed by atoms with E-state index in [4.69, 9.17) is 4.74 Å². The number of aromatic nitrogens is 1. The maximum Gasteiger partial charge on any atom is 0.264 e. The molecule has 2 unspecified atom stereocenters. The first-order chi connectivity index (χ1) is 11.2. The Balaban J connectivity index is 1.77. The Morgan fingerprint density at radius 3 is 2.83 bits per heavy atom. The minimum atomic E-state index is -0.546. The first-order valence-corrected chi connectivity index (χ1v) is 7.75. The zero-order valence-corrected chi connectivity index (χ0v) is 13.1. The van der Waals surface area contributed by atoms with E-state index in [9.17, 15) is 9.90 Å². The van der Waals surface area contributed by atoms with Gasteiger partial charge in [0.15, 0.2) is 6.10 Å². The molecule has 2 atom stereocenters. The van der Waals surface area contributed by atoms with Crippen LogP contribution in [0, 0.1) is 0 Å². The highest BCUT2D eigenvalue weighted by molar-refractivity contribution is 5.83. The average molecular weight is 312 g/mol. The van der Waals surface area contributed by atoms with Crippen molar-refractivity contribution in [1.82, 2.24) is 9.88 Å². The molecule has 0 aliphatic carbocycles. The van der Waals surface area contributed by atoms with Crippen LogP contribution in [0.25, 0.3) is 0 Å². The third-order valence-corrected chi connectivity index (χ3v) is 4.14. The van der Waals surface area contributed by atoms with Gasteiger partial charge in [0.2, 0.25) is 0 Å². The molecule has 2 aromatic rings. The lowest BCUT2D eigenvalue weighted by Gasteiger charge is -2.26. The molecule has 1 aromatic heterocycles. The zero-order chi connectivity index (χ0) is 16.2. The number of para-hydroxylation sites is 1.